The first kappa shape index (κ1) is 73.3. The number of aromatic nitrogens is 10. The molecule has 2 N–H and O–H groups in total. The van der Waals surface area contributed by atoms with Crippen LogP contribution in [0.2, 0.25) is 0 Å². The maximum absolute atomic E-state index is 8.01. The minimum Gasteiger partial charge on any atom is -0.655 e. The van der Waals surface area contributed by atoms with E-state index in [2.05, 4.69) is 245 Å². The Hall–Kier alpha value is -9.64. The Morgan fingerprint density at radius 1 is 0.236 bits per heavy atom. The van der Waals surface area contributed by atoms with Gasteiger partial charge in [-0.2, -0.15) is 0 Å². The van der Waals surface area contributed by atoms with Gasteiger partial charge in [0.05, 0.1) is 66.9 Å². The second-order valence-corrected chi connectivity index (χ2v) is 37.8. The van der Waals surface area contributed by atoms with Crippen LogP contribution in [0.25, 0.3) is 156 Å². The minimum absolute atomic E-state index is 0. The van der Waals surface area contributed by atoms with Crippen molar-refractivity contribution in [2.45, 2.75) is 209 Å². The molecule has 8 bridgehead atoms. The maximum atomic E-state index is 8.01. The third-order valence-electron chi connectivity index (χ3n) is 21.3. The molecule has 106 heavy (non-hydrogen) atoms. The smallest absolute Gasteiger partial charge is 0.655 e. The van der Waals surface area contributed by atoms with Crippen LogP contribution in [-0.4, -0.2) is 39.9 Å². The fraction of sp³-hybridized carbons (Fsp3) is 0.340. The summed E-state index contributed by atoms with van der Waals surface area (Å²) in [4.78, 5) is 59.9. The van der Waals surface area contributed by atoms with Crippen LogP contribution in [0.5, 0.6) is 0 Å². The molecule has 8 heterocycles. The number of fused-ring (bicyclic) bond motifs is 20. The molecule has 0 aliphatic carbocycles. The van der Waals surface area contributed by atoms with Crippen molar-refractivity contribution in [1.82, 2.24) is 49.8 Å². The van der Waals surface area contributed by atoms with Crippen molar-refractivity contribution in [3.63, 3.8) is 0 Å². The number of anilines is 1. The first-order chi connectivity index (χ1) is 48.9. The third kappa shape index (κ3) is 13.0. The summed E-state index contributed by atoms with van der Waals surface area (Å²) in [6, 6.07) is 54.6. The van der Waals surface area contributed by atoms with Crippen LogP contribution >= 0.6 is 0 Å². The molecule has 12 heteroatoms. The van der Waals surface area contributed by atoms with Crippen molar-refractivity contribution in [1.29, 1.82) is 0 Å². The standard InChI is InChI=1S/C94H99N11.Zn/c1-87(2,3)54-37-50(38-55(45-54)88(4,5)6)70-69-49-62(95)74(102-69)71(51-39-56(89(7,8)9)46-57(40-51)90(10,11)12)76-82-84(99-66-34-28-27-33-65(66)97-82)78(104-76)73(53-43-60(93(19,20)21)48-61(44-53)94(22,23)24)80-86-85(100-67-35-29-30-36-68(67)101-86)79(105-80)72(52-41-58(91(13,14)15)47-59(42-52)92(16,17)18)77-83-81(75(70)103-77)96-63-31-25-26-32-64(63)98-83;/h25-49H,95H2,1-24H3;/q-2;+2. The fourth-order valence-electron chi connectivity index (χ4n) is 14.6. The predicted molar refractivity (Wildman–Crippen MR) is 440 cm³/mol. The number of nitrogens with zero attached hydrogens (tertiary/aromatic N) is 10. The molecule has 11 nitrogen and oxygen atoms in total. The van der Waals surface area contributed by atoms with Gasteiger partial charge < -0.3 is 15.7 Å². The second kappa shape index (κ2) is 25.0. The van der Waals surface area contributed by atoms with Crippen LogP contribution in [0.1, 0.15) is 211 Å². The van der Waals surface area contributed by atoms with Crippen LogP contribution in [0.4, 0.5) is 5.69 Å². The zero-order chi connectivity index (χ0) is 75.1. The zero-order valence-electron chi connectivity index (χ0n) is 66.7. The van der Waals surface area contributed by atoms with Gasteiger partial charge >= 0.3 is 19.5 Å². The summed E-state index contributed by atoms with van der Waals surface area (Å²) >= 11 is 0. The molecule has 15 rings (SSSR count). The number of hydrogen-bond donors (Lipinski definition) is 1. The molecular weight excluding hydrogens is 1350 g/mol. The molecule has 7 aromatic carbocycles. The molecular formula is C94H99N11Zn. The van der Waals surface area contributed by atoms with E-state index in [1.807, 2.05) is 72.8 Å². The normalized spacial score (nSPS) is 13.2. The summed E-state index contributed by atoms with van der Waals surface area (Å²) < 4.78 is 0. The largest absolute Gasteiger partial charge is 2.00 e. The quantitative estimate of drug-likeness (QED) is 0.167. The van der Waals surface area contributed by atoms with E-state index >= 15 is 0 Å². The van der Waals surface area contributed by atoms with Crippen LogP contribution in [0, 0.1) is 0 Å². The van der Waals surface area contributed by atoms with Crippen molar-refractivity contribution in [3.05, 3.63) is 196 Å². The molecule has 532 valence electrons. The Morgan fingerprint density at radius 3 is 0.698 bits per heavy atom. The van der Waals surface area contributed by atoms with Crippen molar-refractivity contribution in [3.8, 4) is 90.1 Å². The molecule has 6 aromatic heterocycles. The van der Waals surface area contributed by atoms with Gasteiger partial charge in [0.1, 0.15) is 22.8 Å². The molecule has 0 saturated heterocycles. The van der Waals surface area contributed by atoms with E-state index in [0.29, 0.717) is 101 Å². The summed E-state index contributed by atoms with van der Waals surface area (Å²) in [5, 5.41) is 0. The Kier molecular flexibility index (Phi) is 17.3. The van der Waals surface area contributed by atoms with E-state index in [0.717, 1.165) is 106 Å². The van der Waals surface area contributed by atoms with Gasteiger partial charge in [-0.05, 0) is 169 Å². The fourth-order valence-corrected chi connectivity index (χ4v) is 14.6. The van der Waals surface area contributed by atoms with Crippen LogP contribution in [0.15, 0.2) is 152 Å². The molecule has 0 atom stereocenters. The van der Waals surface area contributed by atoms with Gasteiger partial charge in [0.2, 0.25) is 0 Å². The first-order valence-electron chi connectivity index (χ1n) is 37.2. The summed E-state index contributed by atoms with van der Waals surface area (Å²) in [5.74, 6) is 0. The maximum Gasteiger partial charge on any atom is 2.00 e. The second-order valence-electron chi connectivity index (χ2n) is 37.8. The van der Waals surface area contributed by atoms with Gasteiger partial charge in [0, 0.05) is 5.69 Å². The van der Waals surface area contributed by atoms with Gasteiger partial charge in [-0.3, -0.25) is 0 Å². The average Bonchev–Trinajstić information content (AvgIpc) is 1.55. The van der Waals surface area contributed by atoms with Crippen molar-refractivity contribution >= 4 is 71.9 Å². The van der Waals surface area contributed by atoms with Crippen LogP contribution in [0.3, 0.4) is 0 Å². The number of hydrogen-bond acceptors (Lipinski definition) is 9. The van der Waals surface area contributed by atoms with E-state index in [-0.39, 0.29) is 62.8 Å². The Morgan fingerprint density at radius 2 is 0.453 bits per heavy atom. The number of benzene rings is 7. The molecule has 0 spiro atoms. The van der Waals surface area contributed by atoms with Gasteiger partial charge in [-0.1, -0.05) is 292 Å². The summed E-state index contributed by atoms with van der Waals surface area (Å²) in [5.41, 5.74) is 34.3. The molecule has 2 aliphatic rings. The van der Waals surface area contributed by atoms with Gasteiger partial charge in [-0.25, -0.2) is 39.9 Å². The Balaban J connectivity index is 0.00000944. The topological polar surface area (TPSA) is 157 Å². The van der Waals surface area contributed by atoms with Crippen molar-refractivity contribution in [2.75, 3.05) is 5.73 Å². The van der Waals surface area contributed by atoms with E-state index in [4.69, 9.17) is 55.6 Å². The first-order valence-corrected chi connectivity index (χ1v) is 37.2. The molecule has 2 aliphatic heterocycles. The van der Waals surface area contributed by atoms with E-state index in [1.165, 1.54) is 0 Å². The molecule has 0 radical (unpaired) electrons. The molecule has 0 saturated carbocycles. The number of nitrogens with two attached hydrogens (primary N) is 1. The number of para-hydroxylation sites is 6. The Bertz CT molecular complexity index is 5880. The van der Waals surface area contributed by atoms with Gasteiger partial charge in [0.15, 0.2) is 0 Å². The summed E-state index contributed by atoms with van der Waals surface area (Å²) in [6.45, 7) is 54.8. The summed E-state index contributed by atoms with van der Waals surface area (Å²) in [7, 11) is 0. The molecule has 0 unspecified atom stereocenters. The summed E-state index contributed by atoms with van der Waals surface area (Å²) in [6.07, 6.45) is 0. The number of rotatable bonds is 4. The van der Waals surface area contributed by atoms with Gasteiger partial charge in [0.25, 0.3) is 0 Å². The van der Waals surface area contributed by atoms with Crippen molar-refractivity contribution in [2.24, 2.45) is 0 Å². The monoisotopic (exact) mass is 1450 g/mol. The average molecular weight is 1450 g/mol. The third-order valence-corrected chi connectivity index (χ3v) is 21.3. The molecule has 13 aromatic rings. The van der Waals surface area contributed by atoms with E-state index in [1.54, 1.807) is 0 Å². The zero-order valence-corrected chi connectivity index (χ0v) is 69.7. The SMILES string of the molecule is CC(C)(C)c1cc(-c2c3nc(c(-c4cc(C(C)(C)C)cc(C(C)(C)C)c4)c4[n-]c(c(-c5cc(C(C)(C)C)cc(C(C)(C)C)c5)c5nc(c(-c6cc(C(C)(C)C)cc(C(C)(C)C)c6)c6[n-]c2cc6N)-c2nc6ccccc6nc2-5)c2nc5ccccc5nc42)-c2nc4ccccc4nc2-3)cc(C(C)(C)C)c1.[Zn+2]. The van der Waals surface area contributed by atoms with E-state index in [9.17, 15) is 0 Å². The minimum atomic E-state index is -0.307. The predicted octanol–water partition coefficient (Wildman–Crippen LogP) is 23.9. The van der Waals surface area contributed by atoms with Crippen molar-refractivity contribution < 1.29 is 19.5 Å². The number of nitrogen functional groups attached to an aromatic ring is 1. The molecule has 0 fully saturated rings. The van der Waals surface area contributed by atoms with E-state index < -0.39 is 0 Å². The van der Waals surface area contributed by atoms with Crippen LogP contribution < -0.4 is 15.7 Å². The molecule has 0 amide bonds. The van der Waals surface area contributed by atoms with Gasteiger partial charge in [-0.15, -0.1) is 11.0 Å². The Labute approximate surface area is 638 Å². The van der Waals surface area contributed by atoms with Crippen LogP contribution in [-0.2, 0) is 62.8 Å².